The van der Waals surface area contributed by atoms with Crippen molar-refractivity contribution in [2.45, 2.75) is 32.4 Å². The Labute approximate surface area is 123 Å². The van der Waals surface area contributed by atoms with Crippen LogP contribution in [0.5, 0.6) is 0 Å². The van der Waals surface area contributed by atoms with E-state index in [-0.39, 0.29) is 0 Å². The molecule has 0 saturated carbocycles. The molecule has 1 heterocycles. The first-order valence-electron chi connectivity index (χ1n) is 6.21. The molecule has 0 amide bonds. The molecule has 1 rings (SSSR count). The Hall–Kier alpha value is -0.660. The van der Waals surface area contributed by atoms with Gasteiger partial charge in [-0.25, -0.2) is 13.4 Å². The lowest BCUT2D eigenvalue weighted by atomic mass is 10.3. The second-order valence-electron chi connectivity index (χ2n) is 4.48. The SMILES string of the molecule is CCCNCC(C)S(=O)(=O)Nc1ncc(Br)cc1C. The number of halogens is 1. The van der Waals surface area contributed by atoms with Gasteiger partial charge in [0.05, 0.1) is 5.25 Å². The van der Waals surface area contributed by atoms with E-state index in [4.69, 9.17) is 0 Å². The third kappa shape index (κ3) is 5.08. The molecule has 19 heavy (non-hydrogen) atoms. The van der Waals surface area contributed by atoms with Crippen LogP contribution in [0.1, 0.15) is 25.8 Å². The zero-order chi connectivity index (χ0) is 14.5. The van der Waals surface area contributed by atoms with Crippen molar-refractivity contribution < 1.29 is 8.42 Å². The van der Waals surface area contributed by atoms with Crippen molar-refractivity contribution in [1.29, 1.82) is 0 Å². The molecular weight excluding hydrogens is 330 g/mol. The molecule has 0 aliphatic carbocycles. The topological polar surface area (TPSA) is 71.1 Å². The van der Waals surface area contributed by atoms with Crippen molar-refractivity contribution in [3.8, 4) is 0 Å². The lowest BCUT2D eigenvalue weighted by Gasteiger charge is -2.16. The maximum absolute atomic E-state index is 12.1. The number of rotatable bonds is 7. The maximum Gasteiger partial charge on any atom is 0.237 e. The molecule has 0 aliphatic heterocycles. The van der Waals surface area contributed by atoms with Gasteiger partial charge in [-0.3, -0.25) is 4.72 Å². The van der Waals surface area contributed by atoms with Crippen molar-refractivity contribution in [2.24, 2.45) is 0 Å². The third-order valence-electron chi connectivity index (χ3n) is 2.67. The molecule has 0 spiro atoms. The summed E-state index contributed by atoms with van der Waals surface area (Å²) in [5, 5.41) is 2.59. The van der Waals surface area contributed by atoms with Crippen LogP contribution in [-0.2, 0) is 10.0 Å². The summed E-state index contributed by atoms with van der Waals surface area (Å²) in [5.41, 5.74) is 0.784. The van der Waals surface area contributed by atoms with Crippen molar-refractivity contribution in [2.75, 3.05) is 17.8 Å². The second-order valence-corrected chi connectivity index (χ2v) is 7.50. The van der Waals surface area contributed by atoms with E-state index in [9.17, 15) is 8.42 Å². The molecule has 108 valence electrons. The highest BCUT2D eigenvalue weighted by molar-refractivity contribution is 9.10. The number of hydrogen-bond acceptors (Lipinski definition) is 4. The number of nitrogens with zero attached hydrogens (tertiary/aromatic N) is 1. The minimum Gasteiger partial charge on any atom is -0.315 e. The van der Waals surface area contributed by atoms with Crippen LogP contribution in [0, 0.1) is 6.92 Å². The second kappa shape index (κ2) is 7.21. The monoisotopic (exact) mass is 349 g/mol. The minimum atomic E-state index is -3.42. The molecular formula is C12H20BrN3O2S. The van der Waals surface area contributed by atoms with Gasteiger partial charge in [-0.05, 0) is 54.4 Å². The van der Waals surface area contributed by atoms with E-state index in [1.807, 2.05) is 19.9 Å². The molecule has 7 heteroatoms. The Morgan fingerprint density at radius 3 is 2.74 bits per heavy atom. The fraction of sp³-hybridized carbons (Fsp3) is 0.583. The van der Waals surface area contributed by atoms with Crippen LogP contribution in [-0.4, -0.2) is 31.7 Å². The summed E-state index contributed by atoms with van der Waals surface area (Å²) in [5.74, 6) is 0.380. The summed E-state index contributed by atoms with van der Waals surface area (Å²) in [6.07, 6.45) is 2.55. The Morgan fingerprint density at radius 2 is 2.16 bits per heavy atom. The van der Waals surface area contributed by atoms with E-state index in [0.29, 0.717) is 12.4 Å². The van der Waals surface area contributed by atoms with Crippen LogP contribution in [0.4, 0.5) is 5.82 Å². The van der Waals surface area contributed by atoms with Crippen LogP contribution in [0.25, 0.3) is 0 Å². The van der Waals surface area contributed by atoms with Crippen LogP contribution in [0.2, 0.25) is 0 Å². The van der Waals surface area contributed by atoms with Crippen molar-refractivity contribution in [3.63, 3.8) is 0 Å². The van der Waals surface area contributed by atoms with Gasteiger partial charge in [-0.2, -0.15) is 0 Å². The third-order valence-corrected chi connectivity index (χ3v) is 4.81. The molecule has 0 radical (unpaired) electrons. The highest BCUT2D eigenvalue weighted by atomic mass is 79.9. The van der Waals surface area contributed by atoms with Crippen molar-refractivity contribution in [1.82, 2.24) is 10.3 Å². The Bertz CT molecular complexity index is 520. The Balaban J connectivity index is 2.73. The maximum atomic E-state index is 12.1. The fourth-order valence-electron chi connectivity index (χ4n) is 1.47. The van der Waals surface area contributed by atoms with Gasteiger partial charge in [-0.1, -0.05) is 6.92 Å². The lowest BCUT2D eigenvalue weighted by molar-refractivity contribution is 0.575. The van der Waals surface area contributed by atoms with Gasteiger partial charge in [0.2, 0.25) is 10.0 Å². The molecule has 0 aromatic carbocycles. The number of hydrogen-bond donors (Lipinski definition) is 2. The first-order chi connectivity index (χ1) is 8.86. The van der Waals surface area contributed by atoms with Crippen LogP contribution in [0.15, 0.2) is 16.7 Å². The highest BCUT2D eigenvalue weighted by Gasteiger charge is 2.21. The number of sulfonamides is 1. The van der Waals surface area contributed by atoms with Crippen molar-refractivity contribution >= 4 is 31.8 Å². The van der Waals surface area contributed by atoms with E-state index >= 15 is 0 Å². The smallest absolute Gasteiger partial charge is 0.237 e. The summed E-state index contributed by atoms with van der Waals surface area (Å²) in [7, 11) is -3.42. The van der Waals surface area contributed by atoms with Crippen LogP contribution < -0.4 is 10.0 Å². The molecule has 0 aliphatic rings. The summed E-state index contributed by atoms with van der Waals surface area (Å²) < 4.78 is 27.6. The van der Waals surface area contributed by atoms with E-state index < -0.39 is 15.3 Å². The zero-order valence-electron chi connectivity index (χ0n) is 11.4. The summed E-state index contributed by atoms with van der Waals surface area (Å²) in [6, 6.07) is 1.82. The van der Waals surface area contributed by atoms with Crippen LogP contribution >= 0.6 is 15.9 Å². The summed E-state index contributed by atoms with van der Waals surface area (Å²) >= 11 is 3.30. The molecule has 0 bridgehead atoms. The van der Waals surface area contributed by atoms with Gasteiger partial charge in [0.15, 0.2) is 0 Å². The lowest BCUT2D eigenvalue weighted by Crippen LogP contribution is -2.35. The number of aryl methyl sites for hydroxylation is 1. The number of nitrogens with one attached hydrogen (secondary N) is 2. The average molecular weight is 350 g/mol. The molecule has 1 unspecified atom stereocenters. The predicted octanol–water partition coefficient (Wildman–Crippen LogP) is 2.28. The van der Waals surface area contributed by atoms with Crippen LogP contribution in [0.3, 0.4) is 0 Å². The molecule has 1 atom stereocenters. The highest BCUT2D eigenvalue weighted by Crippen LogP contribution is 2.18. The number of aromatic nitrogens is 1. The first kappa shape index (κ1) is 16.4. The quantitative estimate of drug-likeness (QED) is 0.740. The molecule has 0 fully saturated rings. The largest absolute Gasteiger partial charge is 0.315 e. The average Bonchev–Trinajstić information content (AvgIpc) is 2.33. The normalized spacial score (nSPS) is 13.3. The molecule has 2 N–H and O–H groups in total. The van der Waals surface area contributed by atoms with Crippen molar-refractivity contribution in [3.05, 3.63) is 22.3 Å². The van der Waals surface area contributed by atoms with E-state index in [1.54, 1.807) is 13.1 Å². The van der Waals surface area contributed by atoms with Gasteiger partial charge < -0.3 is 5.32 Å². The fourth-order valence-corrected chi connectivity index (χ4v) is 2.94. The van der Waals surface area contributed by atoms with Gasteiger partial charge in [-0.15, -0.1) is 0 Å². The number of anilines is 1. The molecule has 1 aromatic heterocycles. The predicted molar refractivity (Wildman–Crippen MR) is 81.8 cm³/mol. The molecule has 5 nitrogen and oxygen atoms in total. The first-order valence-corrected chi connectivity index (χ1v) is 8.55. The standard InChI is InChI=1S/C12H20BrN3O2S/c1-4-5-14-7-10(3)19(17,18)16-12-9(2)6-11(13)8-15-12/h6,8,10,14H,4-5,7H2,1-3H3,(H,15,16). The van der Waals surface area contributed by atoms with Gasteiger partial charge >= 0.3 is 0 Å². The van der Waals surface area contributed by atoms with Gasteiger partial charge in [0.25, 0.3) is 0 Å². The Kier molecular flexibility index (Phi) is 6.22. The summed E-state index contributed by atoms with van der Waals surface area (Å²) in [4.78, 5) is 4.08. The zero-order valence-corrected chi connectivity index (χ0v) is 13.8. The van der Waals surface area contributed by atoms with E-state index in [0.717, 1.165) is 23.0 Å². The minimum absolute atomic E-state index is 0.380. The number of pyridine rings is 1. The van der Waals surface area contributed by atoms with E-state index in [2.05, 4.69) is 31.0 Å². The van der Waals surface area contributed by atoms with Gasteiger partial charge in [0.1, 0.15) is 5.82 Å². The Morgan fingerprint density at radius 1 is 1.47 bits per heavy atom. The summed E-state index contributed by atoms with van der Waals surface area (Å²) in [6.45, 7) is 6.78. The molecule has 0 saturated heterocycles. The van der Waals surface area contributed by atoms with E-state index in [1.165, 1.54) is 0 Å². The molecule has 1 aromatic rings. The van der Waals surface area contributed by atoms with Gasteiger partial charge in [0, 0.05) is 17.2 Å².